The molecule has 0 saturated carbocycles. The summed E-state index contributed by atoms with van der Waals surface area (Å²) in [7, 11) is -3.81. The van der Waals surface area contributed by atoms with Gasteiger partial charge in [-0.2, -0.15) is 0 Å². The Labute approximate surface area is 122 Å². The van der Waals surface area contributed by atoms with E-state index in [9.17, 15) is 18.4 Å². The molecule has 0 N–H and O–H groups in total. The molecule has 3 heterocycles. The van der Waals surface area contributed by atoms with Crippen LogP contribution in [0, 0.1) is 0 Å². The topological polar surface area (TPSA) is 96.0 Å². The third-order valence-electron chi connectivity index (χ3n) is 4.56. The van der Waals surface area contributed by atoms with E-state index >= 15 is 0 Å². The molecule has 2 saturated heterocycles. The minimum atomic E-state index is -3.81. The van der Waals surface area contributed by atoms with Gasteiger partial charge in [0.25, 0.3) is 5.91 Å². The largest absolute Gasteiger partial charge is 0.588 e. The normalized spacial score (nSPS) is 42.7. The molecular formula is C13H15NO6S. The molecule has 1 aliphatic carbocycles. The number of amides is 1. The number of nitrogens with zero attached hydrogens (tertiary/aromatic N) is 1. The van der Waals surface area contributed by atoms with Crippen molar-refractivity contribution in [1.29, 1.82) is 0 Å². The summed E-state index contributed by atoms with van der Waals surface area (Å²) in [4.78, 5) is 24.6. The molecule has 0 spiro atoms. The molecule has 0 aromatic carbocycles. The zero-order valence-electron chi connectivity index (χ0n) is 11.3. The first-order valence-corrected chi connectivity index (χ1v) is 8.55. The second kappa shape index (κ2) is 4.45. The molecule has 8 heteroatoms. The lowest BCUT2D eigenvalue weighted by molar-refractivity contribution is -0.157. The Kier molecular flexibility index (Phi) is 2.88. The Balaban J connectivity index is 1.71. The highest BCUT2D eigenvalue weighted by atomic mass is 32.3. The number of fused-ring (bicyclic) bond motifs is 2. The van der Waals surface area contributed by atoms with Crippen molar-refractivity contribution in [2.45, 2.75) is 50.5 Å². The van der Waals surface area contributed by atoms with Crippen molar-refractivity contribution in [3.05, 3.63) is 10.5 Å². The van der Waals surface area contributed by atoms with E-state index in [1.807, 2.05) is 0 Å². The molecule has 4 aliphatic rings. The first-order chi connectivity index (χ1) is 10.00. The standard InChI is InChI=1S/C13H15NO6S/c15-9-5-8(10-6-19-13(9)20-10)14-12(16)7-3-1-2-4-11(7)21(14,17)18/h8,10,13H,1-6H2/t8-,10?,13+/m0/s1. The number of Topliss-reactive ketones (excluding diaryl/α,β-unsaturated/α-hetero) is 1. The number of ether oxygens (including phenoxy) is 2. The van der Waals surface area contributed by atoms with Crippen LogP contribution in [0.15, 0.2) is 10.5 Å². The average molecular weight is 313 g/mol. The number of sulfonamides is 1. The number of carbonyl (C=O) groups excluding carboxylic acids is 2. The van der Waals surface area contributed by atoms with E-state index in [-0.39, 0.29) is 23.7 Å². The van der Waals surface area contributed by atoms with Gasteiger partial charge in [0.15, 0.2) is 21.1 Å². The number of allylic oxidation sites excluding steroid dienone is 1. The van der Waals surface area contributed by atoms with Gasteiger partial charge in [-0.05, 0) is 19.3 Å². The van der Waals surface area contributed by atoms with Crippen molar-refractivity contribution in [2.24, 2.45) is 0 Å². The molecule has 4 rings (SSSR count). The molecule has 1 amide bonds. The fraction of sp³-hybridized carbons (Fsp3) is 0.692. The third-order valence-corrected chi connectivity index (χ3v) is 6.59. The van der Waals surface area contributed by atoms with Gasteiger partial charge in [-0.25, -0.2) is 0 Å². The van der Waals surface area contributed by atoms with Gasteiger partial charge in [-0.15, -0.1) is 4.31 Å². The van der Waals surface area contributed by atoms with Crippen LogP contribution in [0.2, 0.25) is 0 Å². The summed E-state index contributed by atoms with van der Waals surface area (Å²) in [5, 5.41) is 0. The van der Waals surface area contributed by atoms with Crippen LogP contribution in [-0.2, 0) is 33.7 Å². The summed E-state index contributed by atoms with van der Waals surface area (Å²) < 4.78 is 36.8. The smallest absolute Gasteiger partial charge is 0.295 e. The molecule has 0 radical (unpaired) electrons. The average Bonchev–Trinajstić information content (AvgIpc) is 2.97. The monoisotopic (exact) mass is 313 g/mol. The Morgan fingerprint density at radius 2 is 2.00 bits per heavy atom. The quantitative estimate of drug-likeness (QED) is 0.645. The van der Waals surface area contributed by atoms with Crippen molar-refractivity contribution in [1.82, 2.24) is 4.31 Å². The Bertz CT molecular complexity index is 614. The van der Waals surface area contributed by atoms with Crippen LogP contribution >= 0.6 is 0 Å². The predicted octanol–water partition coefficient (Wildman–Crippen LogP) is 0.284. The summed E-state index contributed by atoms with van der Waals surface area (Å²) in [6.45, 7) is 0.144. The minimum absolute atomic E-state index is 0.0269. The van der Waals surface area contributed by atoms with Gasteiger partial charge in [0, 0.05) is 12.8 Å². The lowest BCUT2D eigenvalue weighted by Crippen LogP contribution is -2.54. The fourth-order valence-corrected chi connectivity index (χ4v) is 5.57. The van der Waals surface area contributed by atoms with Crippen LogP contribution in [0.3, 0.4) is 0 Å². The lowest BCUT2D eigenvalue weighted by atomic mass is 9.97. The first-order valence-electron chi connectivity index (χ1n) is 7.11. The van der Waals surface area contributed by atoms with E-state index in [2.05, 4.69) is 0 Å². The van der Waals surface area contributed by atoms with Gasteiger partial charge in [-0.3, -0.25) is 9.59 Å². The molecule has 21 heavy (non-hydrogen) atoms. The van der Waals surface area contributed by atoms with Gasteiger partial charge >= 0.3 is 0 Å². The van der Waals surface area contributed by atoms with Gasteiger partial charge in [0.2, 0.25) is 6.29 Å². The van der Waals surface area contributed by atoms with Gasteiger partial charge in [0.05, 0.1) is 12.2 Å². The number of rotatable bonds is 1. The van der Waals surface area contributed by atoms with Crippen molar-refractivity contribution < 1.29 is 27.8 Å². The Morgan fingerprint density at radius 3 is 2.76 bits per heavy atom. The molecule has 3 aliphatic heterocycles. The van der Waals surface area contributed by atoms with E-state index in [4.69, 9.17) is 9.47 Å². The van der Waals surface area contributed by atoms with Gasteiger partial charge in [-0.1, -0.05) is 4.21 Å². The Hall–Kier alpha value is -1.09. The number of carbonyl (C=O) groups is 2. The maximum Gasteiger partial charge on any atom is 0.295 e. The number of hydrogen-bond acceptors (Lipinski definition) is 6. The summed E-state index contributed by atoms with van der Waals surface area (Å²) in [6.07, 6.45) is 1.03. The SMILES string of the molecule is O=C1C[C@H](N2C(=O)C3=C(CCCC3)[S+]2(=O)[O-])C2CO[C@@H]1O2. The van der Waals surface area contributed by atoms with E-state index in [1.54, 1.807) is 0 Å². The van der Waals surface area contributed by atoms with Crippen molar-refractivity contribution in [3.63, 3.8) is 0 Å². The van der Waals surface area contributed by atoms with Crippen LogP contribution in [0.25, 0.3) is 0 Å². The molecule has 0 aromatic rings. The molecule has 7 nitrogen and oxygen atoms in total. The van der Waals surface area contributed by atoms with E-state index < -0.39 is 34.7 Å². The summed E-state index contributed by atoms with van der Waals surface area (Å²) >= 11 is 0. The second-order valence-corrected chi connectivity index (χ2v) is 7.63. The molecule has 2 fully saturated rings. The van der Waals surface area contributed by atoms with Crippen LogP contribution in [-0.4, -0.2) is 45.6 Å². The lowest BCUT2D eigenvalue weighted by Gasteiger charge is -2.34. The molecule has 0 aromatic heterocycles. The van der Waals surface area contributed by atoms with Crippen molar-refractivity contribution >= 4 is 22.1 Å². The van der Waals surface area contributed by atoms with Gasteiger partial charge in [0.1, 0.15) is 12.1 Å². The minimum Gasteiger partial charge on any atom is -0.588 e. The van der Waals surface area contributed by atoms with Gasteiger partial charge < -0.3 is 14.0 Å². The molecule has 4 atom stereocenters. The molecule has 2 unspecified atom stereocenters. The molecule has 2 bridgehead atoms. The van der Waals surface area contributed by atoms with Crippen LogP contribution in [0.5, 0.6) is 0 Å². The fourth-order valence-electron chi connectivity index (χ4n) is 3.54. The predicted molar refractivity (Wildman–Crippen MR) is 69.2 cm³/mol. The first kappa shape index (κ1) is 13.6. The summed E-state index contributed by atoms with van der Waals surface area (Å²) in [6, 6.07) is -0.778. The maximum atomic E-state index is 12.7. The third kappa shape index (κ3) is 1.79. The zero-order valence-corrected chi connectivity index (χ0v) is 12.1. The van der Waals surface area contributed by atoms with Crippen molar-refractivity contribution in [2.75, 3.05) is 6.61 Å². The Morgan fingerprint density at radius 1 is 1.24 bits per heavy atom. The highest BCUT2D eigenvalue weighted by Crippen LogP contribution is 2.44. The van der Waals surface area contributed by atoms with Crippen LogP contribution < -0.4 is 0 Å². The van der Waals surface area contributed by atoms with E-state index in [0.717, 1.165) is 17.1 Å². The van der Waals surface area contributed by atoms with Crippen LogP contribution in [0.4, 0.5) is 0 Å². The summed E-state index contributed by atoms with van der Waals surface area (Å²) in [5.41, 5.74) is 0.398. The van der Waals surface area contributed by atoms with Crippen molar-refractivity contribution in [3.8, 4) is 0 Å². The molecule has 114 valence electrons. The molecular weight excluding hydrogens is 298 g/mol. The highest BCUT2D eigenvalue weighted by Gasteiger charge is 2.57. The maximum absolute atomic E-state index is 12.7. The zero-order chi connectivity index (χ0) is 14.8. The van der Waals surface area contributed by atoms with E-state index in [0.29, 0.717) is 18.4 Å². The summed E-state index contributed by atoms with van der Waals surface area (Å²) in [5.74, 6) is -0.780. The van der Waals surface area contributed by atoms with E-state index in [1.165, 1.54) is 0 Å². The van der Waals surface area contributed by atoms with Crippen LogP contribution in [0.1, 0.15) is 32.1 Å². The second-order valence-electron chi connectivity index (χ2n) is 5.79. The number of hydrogen-bond donors (Lipinski definition) is 0. The number of ketones is 1. The highest BCUT2D eigenvalue weighted by molar-refractivity contribution is 8.00.